The van der Waals surface area contributed by atoms with Gasteiger partial charge in [-0.15, -0.1) is 0 Å². The quantitative estimate of drug-likeness (QED) is 0.756. The molecular weight excluding hydrogens is 192 g/mol. The molecule has 0 amide bonds. The lowest BCUT2D eigenvalue weighted by Crippen LogP contribution is -2.06. The molecule has 78 valence electrons. The standard InChI is InChI=1S/C11H18N2S/c1-2-5-9-8-11(14)13(12-9)10-6-3-4-7-10/h8,10,12H,2-7H2,1H3. The van der Waals surface area contributed by atoms with Crippen LogP contribution in [0.4, 0.5) is 0 Å². The third kappa shape index (κ3) is 1.92. The Morgan fingerprint density at radius 1 is 1.50 bits per heavy atom. The summed E-state index contributed by atoms with van der Waals surface area (Å²) in [5.74, 6) is 0. The summed E-state index contributed by atoms with van der Waals surface area (Å²) in [5, 5.41) is 3.44. The molecule has 0 aromatic carbocycles. The number of aromatic amines is 1. The van der Waals surface area contributed by atoms with Gasteiger partial charge in [0.05, 0.1) is 6.04 Å². The van der Waals surface area contributed by atoms with Crippen molar-refractivity contribution < 1.29 is 0 Å². The summed E-state index contributed by atoms with van der Waals surface area (Å²) in [5.41, 5.74) is 1.30. The van der Waals surface area contributed by atoms with Gasteiger partial charge in [-0.1, -0.05) is 38.4 Å². The third-order valence-corrected chi connectivity index (χ3v) is 3.32. The van der Waals surface area contributed by atoms with Crippen molar-refractivity contribution in [2.45, 2.75) is 51.5 Å². The van der Waals surface area contributed by atoms with Gasteiger partial charge in [0.1, 0.15) is 4.64 Å². The molecule has 0 atom stereocenters. The summed E-state index contributed by atoms with van der Waals surface area (Å²) in [7, 11) is 0. The highest BCUT2D eigenvalue weighted by Crippen LogP contribution is 2.29. The molecular formula is C11H18N2S. The van der Waals surface area contributed by atoms with E-state index in [2.05, 4.69) is 22.8 Å². The van der Waals surface area contributed by atoms with Crippen LogP contribution in [-0.2, 0) is 6.42 Å². The minimum atomic E-state index is 0.646. The second-order valence-corrected chi connectivity index (χ2v) is 4.60. The van der Waals surface area contributed by atoms with E-state index in [-0.39, 0.29) is 0 Å². The van der Waals surface area contributed by atoms with Gasteiger partial charge in [-0.05, 0) is 25.3 Å². The number of H-pyrrole nitrogens is 1. The molecule has 1 aromatic heterocycles. The maximum absolute atomic E-state index is 5.36. The molecule has 1 aliphatic carbocycles. The van der Waals surface area contributed by atoms with Crippen molar-refractivity contribution in [2.75, 3.05) is 0 Å². The second-order valence-electron chi connectivity index (χ2n) is 4.18. The fourth-order valence-corrected chi connectivity index (χ4v) is 2.63. The van der Waals surface area contributed by atoms with Crippen molar-refractivity contribution in [3.05, 3.63) is 16.4 Å². The predicted octanol–water partition coefficient (Wildman–Crippen LogP) is 3.61. The smallest absolute Gasteiger partial charge is 0.122 e. The molecule has 0 aliphatic heterocycles. The molecule has 2 nitrogen and oxygen atoms in total. The van der Waals surface area contributed by atoms with E-state index in [1.54, 1.807) is 0 Å². The molecule has 3 heteroatoms. The van der Waals surface area contributed by atoms with Crippen molar-refractivity contribution in [3.8, 4) is 0 Å². The van der Waals surface area contributed by atoms with E-state index in [1.807, 2.05) is 0 Å². The summed E-state index contributed by atoms with van der Waals surface area (Å²) >= 11 is 5.36. The molecule has 0 bridgehead atoms. The van der Waals surface area contributed by atoms with Gasteiger partial charge in [-0.3, -0.25) is 4.68 Å². The number of nitrogens with one attached hydrogen (secondary N) is 1. The Morgan fingerprint density at radius 3 is 2.86 bits per heavy atom. The highest BCUT2D eigenvalue weighted by atomic mass is 32.1. The Labute approximate surface area is 90.3 Å². The Kier molecular flexibility index (Phi) is 3.06. The Balaban J connectivity index is 2.20. The van der Waals surface area contributed by atoms with Crippen LogP contribution in [0.15, 0.2) is 6.07 Å². The van der Waals surface area contributed by atoms with Gasteiger partial charge in [0.25, 0.3) is 0 Å². The first-order chi connectivity index (χ1) is 6.81. The fourth-order valence-electron chi connectivity index (χ4n) is 2.29. The average molecular weight is 210 g/mol. The van der Waals surface area contributed by atoms with Crippen LogP contribution in [0.1, 0.15) is 50.8 Å². The summed E-state index contributed by atoms with van der Waals surface area (Å²) in [4.78, 5) is 0. The third-order valence-electron chi connectivity index (χ3n) is 3.01. The van der Waals surface area contributed by atoms with Crippen LogP contribution in [-0.4, -0.2) is 9.78 Å². The highest BCUT2D eigenvalue weighted by molar-refractivity contribution is 7.71. The maximum Gasteiger partial charge on any atom is 0.122 e. The van der Waals surface area contributed by atoms with Crippen molar-refractivity contribution in [1.82, 2.24) is 9.78 Å². The van der Waals surface area contributed by atoms with E-state index in [1.165, 1.54) is 37.8 Å². The maximum atomic E-state index is 5.36. The normalized spacial score (nSPS) is 17.8. The van der Waals surface area contributed by atoms with Crippen molar-refractivity contribution in [2.24, 2.45) is 0 Å². The first-order valence-corrected chi connectivity index (χ1v) is 6.02. The van der Waals surface area contributed by atoms with E-state index >= 15 is 0 Å². The molecule has 0 spiro atoms. The minimum absolute atomic E-state index is 0.646. The summed E-state index contributed by atoms with van der Waals surface area (Å²) in [6.07, 6.45) is 7.59. The van der Waals surface area contributed by atoms with Crippen LogP contribution in [0.5, 0.6) is 0 Å². The van der Waals surface area contributed by atoms with Crippen LogP contribution < -0.4 is 0 Å². The number of aromatic nitrogens is 2. The van der Waals surface area contributed by atoms with Gasteiger partial charge in [0, 0.05) is 5.69 Å². The number of rotatable bonds is 3. The van der Waals surface area contributed by atoms with E-state index in [0.29, 0.717) is 6.04 Å². The van der Waals surface area contributed by atoms with Gasteiger partial charge in [0.2, 0.25) is 0 Å². The van der Waals surface area contributed by atoms with Crippen molar-refractivity contribution in [3.63, 3.8) is 0 Å². The van der Waals surface area contributed by atoms with Crippen LogP contribution in [0, 0.1) is 4.64 Å². The van der Waals surface area contributed by atoms with Crippen LogP contribution in [0.2, 0.25) is 0 Å². The van der Waals surface area contributed by atoms with Gasteiger partial charge >= 0.3 is 0 Å². The Hall–Kier alpha value is -0.570. The molecule has 1 saturated carbocycles. The minimum Gasteiger partial charge on any atom is -0.301 e. The average Bonchev–Trinajstić information content (AvgIpc) is 2.74. The lowest BCUT2D eigenvalue weighted by atomic mass is 10.2. The summed E-state index contributed by atoms with van der Waals surface area (Å²) in [6.45, 7) is 2.20. The molecule has 1 aliphatic rings. The van der Waals surface area contributed by atoms with Crippen LogP contribution >= 0.6 is 12.2 Å². The number of hydrogen-bond donors (Lipinski definition) is 1. The SMILES string of the molecule is CCCc1cc(=S)n(C2CCCC2)[nH]1. The van der Waals surface area contributed by atoms with E-state index in [0.717, 1.165) is 11.1 Å². The first kappa shape index (κ1) is 9.97. The van der Waals surface area contributed by atoms with E-state index < -0.39 is 0 Å². The lowest BCUT2D eigenvalue weighted by molar-refractivity contribution is 0.458. The highest BCUT2D eigenvalue weighted by Gasteiger charge is 2.17. The van der Waals surface area contributed by atoms with Gasteiger partial charge in [-0.2, -0.15) is 0 Å². The first-order valence-electron chi connectivity index (χ1n) is 5.61. The Morgan fingerprint density at radius 2 is 2.21 bits per heavy atom. The molecule has 1 aromatic rings. The zero-order valence-corrected chi connectivity index (χ0v) is 9.57. The topological polar surface area (TPSA) is 20.7 Å². The van der Waals surface area contributed by atoms with Crippen LogP contribution in [0.25, 0.3) is 0 Å². The molecule has 1 heterocycles. The number of nitrogens with zero attached hydrogens (tertiary/aromatic N) is 1. The fraction of sp³-hybridized carbons (Fsp3) is 0.727. The lowest BCUT2D eigenvalue weighted by Gasteiger charge is -2.10. The molecule has 1 fully saturated rings. The molecule has 14 heavy (non-hydrogen) atoms. The van der Waals surface area contributed by atoms with Crippen molar-refractivity contribution >= 4 is 12.2 Å². The number of aryl methyl sites for hydroxylation is 1. The number of hydrogen-bond acceptors (Lipinski definition) is 1. The molecule has 2 rings (SSSR count). The van der Waals surface area contributed by atoms with Crippen LogP contribution in [0.3, 0.4) is 0 Å². The van der Waals surface area contributed by atoms with Crippen molar-refractivity contribution in [1.29, 1.82) is 0 Å². The van der Waals surface area contributed by atoms with Gasteiger partial charge in [0.15, 0.2) is 0 Å². The largest absolute Gasteiger partial charge is 0.301 e. The summed E-state index contributed by atoms with van der Waals surface area (Å²) < 4.78 is 3.19. The second kappa shape index (κ2) is 4.30. The molecule has 1 N–H and O–H groups in total. The van der Waals surface area contributed by atoms with Gasteiger partial charge < -0.3 is 5.10 Å². The molecule has 0 saturated heterocycles. The van der Waals surface area contributed by atoms with E-state index in [4.69, 9.17) is 12.2 Å². The Bertz CT molecular complexity index is 344. The zero-order valence-electron chi connectivity index (χ0n) is 8.75. The van der Waals surface area contributed by atoms with E-state index in [9.17, 15) is 0 Å². The van der Waals surface area contributed by atoms with Gasteiger partial charge in [-0.25, -0.2) is 0 Å². The summed E-state index contributed by atoms with van der Waals surface area (Å²) in [6, 6.07) is 2.77. The monoisotopic (exact) mass is 210 g/mol. The molecule has 0 radical (unpaired) electrons. The zero-order chi connectivity index (χ0) is 9.97. The molecule has 0 unspecified atom stereocenters. The predicted molar refractivity (Wildman–Crippen MR) is 61.1 cm³/mol.